The summed E-state index contributed by atoms with van der Waals surface area (Å²) in [7, 11) is 0. The average Bonchev–Trinajstić information content (AvgIpc) is 3.24. The van der Waals surface area contributed by atoms with E-state index in [1.807, 2.05) is 18.7 Å². The van der Waals surface area contributed by atoms with Crippen molar-refractivity contribution < 1.29 is 9.32 Å². The fourth-order valence-electron chi connectivity index (χ4n) is 3.51. The van der Waals surface area contributed by atoms with Crippen LogP contribution in [0.3, 0.4) is 0 Å². The highest BCUT2D eigenvalue weighted by atomic mass is 16.5. The van der Waals surface area contributed by atoms with Gasteiger partial charge in [-0.25, -0.2) is 0 Å². The van der Waals surface area contributed by atoms with E-state index < -0.39 is 0 Å². The lowest BCUT2D eigenvalue weighted by molar-refractivity contribution is -0.136. The van der Waals surface area contributed by atoms with Crippen molar-refractivity contribution >= 4 is 5.91 Å². The van der Waals surface area contributed by atoms with Gasteiger partial charge >= 0.3 is 0 Å². The van der Waals surface area contributed by atoms with Gasteiger partial charge in [-0.3, -0.25) is 14.6 Å². The zero-order valence-electron chi connectivity index (χ0n) is 14.4. The van der Waals surface area contributed by atoms with Gasteiger partial charge in [-0.1, -0.05) is 5.16 Å². The van der Waals surface area contributed by atoms with E-state index in [0.29, 0.717) is 11.7 Å². The third-order valence-electron chi connectivity index (χ3n) is 5.12. The molecule has 1 aromatic rings. The number of hydrogen-bond donors (Lipinski definition) is 0. The maximum Gasteiger partial charge on any atom is 0.243 e. The molecule has 2 atom stereocenters. The van der Waals surface area contributed by atoms with Crippen molar-refractivity contribution in [2.75, 3.05) is 39.3 Å². The van der Waals surface area contributed by atoms with Crippen LogP contribution in [0.2, 0.25) is 0 Å². The Kier molecular flexibility index (Phi) is 4.96. The van der Waals surface area contributed by atoms with E-state index in [0.717, 1.165) is 52.1 Å². The molecule has 0 radical (unpaired) electrons. The molecule has 2 aliphatic heterocycles. The average molecular weight is 321 g/mol. The third-order valence-corrected chi connectivity index (χ3v) is 5.12. The first-order chi connectivity index (χ1) is 11.1. The summed E-state index contributed by atoms with van der Waals surface area (Å²) in [6.07, 6.45) is 2.29. The Morgan fingerprint density at radius 2 is 1.65 bits per heavy atom. The second-order valence-corrected chi connectivity index (χ2v) is 6.64. The Hall–Kier alpha value is -1.47. The number of carbonyl (C=O) groups is 1. The molecular weight excluding hydrogens is 294 g/mol. The lowest BCUT2D eigenvalue weighted by Crippen LogP contribution is -2.54. The molecule has 2 aliphatic rings. The van der Waals surface area contributed by atoms with Gasteiger partial charge in [0.05, 0.1) is 12.1 Å². The zero-order valence-corrected chi connectivity index (χ0v) is 14.4. The van der Waals surface area contributed by atoms with Crippen molar-refractivity contribution in [2.24, 2.45) is 0 Å². The first-order valence-electron chi connectivity index (χ1n) is 8.63. The van der Waals surface area contributed by atoms with E-state index in [9.17, 15) is 4.79 Å². The SMILES string of the molecule is Cc1noc([C@@H](C)N2CCN([C@H](C)C(=O)N3CCCC3)CC2)n1. The lowest BCUT2D eigenvalue weighted by atomic mass is 10.1. The number of carbonyl (C=O) groups excluding carboxylic acids is 1. The van der Waals surface area contributed by atoms with Crippen LogP contribution in [-0.4, -0.2) is 76.1 Å². The standard InChI is InChI=1S/C16H27N5O2/c1-12(15-17-14(3)18-23-15)19-8-10-20(11-9-19)13(2)16(22)21-6-4-5-7-21/h12-13H,4-11H2,1-3H3/t12-,13-/m1/s1. The van der Waals surface area contributed by atoms with Crippen LogP contribution in [0.4, 0.5) is 0 Å². The van der Waals surface area contributed by atoms with Crippen LogP contribution in [0.25, 0.3) is 0 Å². The van der Waals surface area contributed by atoms with E-state index in [4.69, 9.17) is 4.52 Å². The maximum absolute atomic E-state index is 12.5. The number of piperazine rings is 1. The first-order valence-corrected chi connectivity index (χ1v) is 8.63. The Morgan fingerprint density at radius 3 is 2.22 bits per heavy atom. The molecule has 1 amide bonds. The molecule has 0 N–H and O–H groups in total. The van der Waals surface area contributed by atoms with Crippen molar-refractivity contribution in [3.8, 4) is 0 Å². The summed E-state index contributed by atoms with van der Waals surface area (Å²) in [5, 5.41) is 3.87. The number of hydrogen-bond acceptors (Lipinski definition) is 6. The van der Waals surface area contributed by atoms with Gasteiger partial charge in [-0.15, -0.1) is 0 Å². The molecule has 0 spiro atoms. The third kappa shape index (κ3) is 3.55. The molecule has 0 unspecified atom stereocenters. The van der Waals surface area contributed by atoms with Crippen molar-refractivity contribution in [1.82, 2.24) is 24.8 Å². The van der Waals surface area contributed by atoms with Gasteiger partial charge in [0.15, 0.2) is 5.82 Å². The molecule has 3 heterocycles. The number of aromatic nitrogens is 2. The normalized spacial score (nSPS) is 23.2. The van der Waals surface area contributed by atoms with Gasteiger partial charge in [-0.05, 0) is 33.6 Å². The Labute approximate surface area is 137 Å². The van der Waals surface area contributed by atoms with Crippen LogP contribution in [0, 0.1) is 6.92 Å². The topological polar surface area (TPSA) is 65.7 Å². The predicted molar refractivity (Wildman–Crippen MR) is 85.9 cm³/mol. The van der Waals surface area contributed by atoms with E-state index >= 15 is 0 Å². The molecule has 7 nitrogen and oxygen atoms in total. The highest BCUT2D eigenvalue weighted by molar-refractivity contribution is 5.81. The Morgan fingerprint density at radius 1 is 1.04 bits per heavy atom. The van der Waals surface area contributed by atoms with Crippen molar-refractivity contribution in [2.45, 2.75) is 45.7 Å². The first kappa shape index (κ1) is 16.4. The van der Waals surface area contributed by atoms with Gasteiger partial charge in [0.2, 0.25) is 11.8 Å². The highest BCUT2D eigenvalue weighted by Gasteiger charge is 2.32. The molecule has 2 fully saturated rings. The molecule has 7 heteroatoms. The predicted octanol–water partition coefficient (Wildman–Crippen LogP) is 1.07. The summed E-state index contributed by atoms with van der Waals surface area (Å²) in [6, 6.07) is 0.110. The minimum atomic E-state index is -0.0174. The van der Waals surface area contributed by atoms with Gasteiger partial charge < -0.3 is 9.42 Å². The van der Waals surface area contributed by atoms with Gasteiger partial charge in [-0.2, -0.15) is 4.98 Å². The molecular formula is C16H27N5O2. The van der Waals surface area contributed by atoms with Gasteiger partial charge in [0, 0.05) is 39.3 Å². The summed E-state index contributed by atoms with van der Waals surface area (Å²) in [5.74, 6) is 1.64. The fraction of sp³-hybridized carbons (Fsp3) is 0.812. The fourth-order valence-corrected chi connectivity index (χ4v) is 3.51. The monoisotopic (exact) mass is 321 g/mol. The molecule has 0 aromatic carbocycles. The van der Waals surface area contributed by atoms with E-state index in [1.165, 1.54) is 0 Å². The Bertz CT molecular complexity index is 532. The Balaban J connectivity index is 1.52. The van der Waals surface area contributed by atoms with Crippen LogP contribution < -0.4 is 0 Å². The molecule has 3 rings (SSSR count). The van der Waals surface area contributed by atoms with Crippen LogP contribution in [-0.2, 0) is 4.79 Å². The summed E-state index contributed by atoms with van der Waals surface area (Å²) in [5.41, 5.74) is 0. The largest absolute Gasteiger partial charge is 0.341 e. The van der Waals surface area contributed by atoms with Crippen LogP contribution in [0.5, 0.6) is 0 Å². The number of amides is 1. The van der Waals surface area contributed by atoms with Gasteiger partial charge in [0.1, 0.15) is 0 Å². The van der Waals surface area contributed by atoms with Crippen LogP contribution in [0.15, 0.2) is 4.52 Å². The quantitative estimate of drug-likeness (QED) is 0.826. The molecule has 23 heavy (non-hydrogen) atoms. The van der Waals surface area contributed by atoms with Gasteiger partial charge in [0.25, 0.3) is 0 Å². The van der Waals surface area contributed by atoms with Crippen LogP contribution >= 0.6 is 0 Å². The molecule has 2 saturated heterocycles. The van der Waals surface area contributed by atoms with Crippen LogP contribution in [0.1, 0.15) is 44.4 Å². The maximum atomic E-state index is 12.5. The van der Waals surface area contributed by atoms with E-state index in [1.54, 1.807) is 0 Å². The number of aryl methyl sites for hydroxylation is 1. The summed E-state index contributed by atoms with van der Waals surface area (Å²) >= 11 is 0. The van der Waals surface area contributed by atoms with E-state index in [2.05, 4.69) is 26.9 Å². The molecule has 0 saturated carbocycles. The molecule has 128 valence electrons. The highest BCUT2D eigenvalue weighted by Crippen LogP contribution is 2.21. The summed E-state index contributed by atoms with van der Waals surface area (Å²) in [4.78, 5) is 23.5. The number of likely N-dealkylation sites (tertiary alicyclic amines) is 1. The minimum Gasteiger partial charge on any atom is -0.341 e. The molecule has 0 bridgehead atoms. The number of nitrogens with zero attached hydrogens (tertiary/aromatic N) is 5. The van der Waals surface area contributed by atoms with E-state index in [-0.39, 0.29) is 18.0 Å². The lowest BCUT2D eigenvalue weighted by Gasteiger charge is -2.39. The van der Waals surface area contributed by atoms with Crippen molar-refractivity contribution in [3.05, 3.63) is 11.7 Å². The molecule has 0 aliphatic carbocycles. The second-order valence-electron chi connectivity index (χ2n) is 6.64. The minimum absolute atomic E-state index is 0.0174. The van der Waals surface area contributed by atoms with Crippen molar-refractivity contribution in [1.29, 1.82) is 0 Å². The summed E-state index contributed by atoms with van der Waals surface area (Å²) in [6.45, 7) is 11.5. The number of rotatable bonds is 4. The van der Waals surface area contributed by atoms with Crippen molar-refractivity contribution in [3.63, 3.8) is 0 Å². The zero-order chi connectivity index (χ0) is 16.4. The second kappa shape index (κ2) is 6.97. The molecule has 1 aromatic heterocycles. The smallest absolute Gasteiger partial charge is 0.243 e. The summed E-state index contributed by atoms with van der Waals surface area (Å²) < 4.78 is 5.28.